The second kappa shape index (κ2) is 5.83. The minimum atomic E-state index is -0.0427. The number of hydrogen-bond acceptors (Lipinski definition) is 3. The molecule has 0 radical (unpaired) electrons. The largest absolute Gasteiger partial charge is 0.484 e. The van der Waals surface area contributed by atoms with E-state index in [4.69, 9.17) is 10.5 Å². The van der Waals surface area contributed by atoms with Crippen LogP contribution >= 0.6 is 0 Å². The number of rotatable bonds is 5. The van der Waals surface area contributed by atoms with E-state index in [1.165, 1.54) is 24.0 Å². The van der Waals surface area contributed by atoms with Gasteiger partial charge in [0.2, 0.25) is 0 Å². The lowest BCUT2D eigenvalue weighted by molar-refractivity contribution is -0.123. The van der Waals surface area contributed by atoms with Crippen molar-refractivity contribution in [2.45, 2.75) is 38.1 Å². The number of benzene rings is 1. The zero-order valence-corrected chi connectivity index (χ0v) is 11.7. The van der Waals surface area contributed by atoms with Crippen LogP contribution < -0.4 is 15.8 Å². The molecule has 1 saturated carbocycles. The molecule has 1 unspecified atom stereocenters. The number of nitrogens with two attached hydrogens (primary N) is 1. The van der Waals surface area contributed by atoms with Crippen LogP contribution in [0.25, 0.3) is 0 Å². The molecular weight excluding hydrogens is 252 g/mol. The van der Waals surface area contributed by atoms with Crippen LogP contribution in [0, 0.1) is 5.92 Å². The summed E-state index contributed by atoms with van der Waals surface area (Å²) in [6, 6.07) is 6.11. The van der Waals surface area contributed by atoms with Gasteiger partial charge >= 0.3 is 0 Å². The maximum Gasteiger partial charge on any atom is 0.257 e. The Balaban J connectivity index is 1.54. The van der Waals surface area contributed by atoms with E-state index in [1.54, 1.807) is 0 Å². The normalized spacial score (nSPS) is 21.1. The predicted octanol–water partition coefficient (Wildman–Crippen LogP) is 1.93. The Bertz CT molecular complexity index is 497. The van der Waals surface area contributed by atoms with E-state index < -0.39 is 0 Å². The molecule has 0 aromatic heterocycles. The Morgan fingerprint density at radius 3 is 3.00 bits per heavy atom. The van der Waals surface area contributed by atoms with Gasteiger partial charge in [0.25, 0.3) is 5.91 Å². The first-order valence-electron chi connectivity index (χ1n) is 7.50. The molecule has 108 valence electrons. The third kappa shape index (κ3) is 3.31. The highest BCUT2D eigenvalue weighted by molar-refractivity contribution is 5.77. The number of hydrogen-bond donors (Lipinski definition) is 2. The quantitative estimate of drug-likeness (QED) is 0.862. The fraction of sp³-hybridized carbons (Fsp3) is 0.562. The molecule has 3 rings (SSSR count). The minimum Gasteiger partial charge on any atom is -0.484 e. The van der Waals surface area contributed by atoms with Crippen LogP contribution in [0.1, 0.15) is 42.9 Å². The fourth-order valence-corrected chi connectivity index (χ4v) is 2.68. The second-order valence-electron chi connectivity index (χ2n) is 5.90. The number of aryl methyl sites for hydroxylation is 1. The third-order valence-corrected chi connectivity index (χ3v) is 4.13. The van der Waals surface area contributed by atoms with Gasteiger partial charge in [0.05, 0.1) is 0 Å². The smallest absolute Gasteiger partial charge is 0.257 e. The predicted molar refractivity (Wildman–Crippen MR) is 77.5 cm³/mol. The Morgan fingerprint density at radius 1 is 1.35 bits per heavy atom. The number of fused-ring (bicyclic) bond motifs is 1. The van der Waals surface area contributed by atoms with Gasteiger partial charge in [-0.1, -0.05) is 6.07 Å². The summed E-state index contributed by atoms with van der Waals surface area (Å²) in [6.07, 6.45) is 5.75. The van der Waals surface area contributed by atoms with Crippen LogP contribution in [0.2, 0.25) is 0 Å². The van der Waals surface area contributed by atoms with Crippen molar-refractivity contribution in [3.63, 3.8) is 0 Å². The number of carbonyl (C=O) groups excluding carboxylic acids is 1. The Morgan fingerprint density at radius 2 is 2.20 bits per heavy atom. The van der Waals surface area contributed by atoms with Crippen molar-refractivity contribution in [2.75, 3.05) is 13.2 Å². The molecule has 4 heteroatoms. The van der Waals surface area contributed by atoms with Gasteiger partial charge in [0.15, 0.2) is 6.61 Å². The average Bonchev–Trinajstić information content (AvgIpc) is 3.28. The molecule has 0 bridgehead atoms. The van der Waals surface area contributed by atoms with E-state index in [9.17, 15) is 4.79 Å². The molecule has 2 aliphatic rings. The monoisotopic (exact) mass is 274 g/mol. The zero-order valence-electron chi connectivity index (χ0n) is 11.7. The SMILES string of the molecule is NC1CCCc2ccc(OCC(=O)NCC3CC3)cc21. The Kier molecular flexibility index (Phi) is 3.92. The second-order valence-corrected chi connectivity index (χ2v) is 5.90. The van der Waals surface area contributed by atoms with Gasteiger partial charge in [0.1, 0.15) is 5.75 Å². The molecule has 4 nitrogen and oxygen atoms in total. The first-order chi connectivity index (χ1) is 9.72. The Hall–Kier alpha value is -1.55. The molecule has 1 aromatic carbocycles. The van der Waals surface area contributed by atoms with Gasteiger partial charge in [-0.2, -0.15) is 0 Å². The highest BCUT2D eigenvalue weighted by atomic mass is 16.5. The van der Waals surface area contributed by atoms with Crippen LogP contribution in [-0.4, -0.2) is 19.1 Å². The van der Waals surface area contributed by atoms with Gasteiger partial charge in [-0.3, -0.25) is 4.79 Å². The molecule has 1 fully saturated rings. The van der Waals surface area contributed by atoms with Crippen LogP contribution in [0.4, 0.5) is 0 Å². The number of nitrogens with one attached hydrogen (secondary N) is 1. The summed E-state index contributed by atoms with van der Waals surface area (Å²) in [4.78, 5) is 11.6. The molecule has 0 saturated heterocycles. The van der Waals surface area contributed by atoms with Crippen molar-refractivity contribution >= 4 is 5.91 Å². The highest BCUT2D eigenvalue weighted by Crippen LogP contribution is 2.31. The highest BCUT2D eigenvalue weighted by Gasteiger charge is 2.21. The van der Waals surface area contributed by atoms with Gasteiger partial charge in [0, 0.05) is 12.6 Å². The van der Waals surface area contributed by atoms with Crippen molar-refractivity contribution in [1.82, 2.24) is 5.32 Å². The summed E-state index contributed by atoms with van der Waals surface area (Å²) in [6.45, 7) is 0.873. The average molecular weight is 274 g/mol. The third-order valence-electron chi connectivity index (χ3n) is 4.13. The summed E-state index contributed by atoms with van der Waals surface area (Å²) in [5, 5.41) is 2.90. The van der Waals surface area contributed by atoms with Crippen LogP contribution in [0.5, 0.6) is 5.75 Å². The molecule has 0 heterocycles. The standard InChI is InChI=1S/C16H22N2O2/c17-15-3-1-2-12-6-7-13(8-14(12)15)20-10-16(19)18-9-11-4-5-11/h6-8,11,15H,1-5,9-10,17H2,(H,18,19). The van der Waals surface area contributed by atoms with Gasteiger partial charge < -0.3 is 15.8 Å². The fourth-order valence-electron chi connectivity index (χ4n) is 2.68. The van der Waals surface area contributed by atoms with Gasteiger partial charge in [-0.05, 0) is 61.3 Å². The topological polar surface area (TPSA) is 64.3 Å². The van der Waals surface area contributed by atoms with E-state index in [1.807, 2.05) is 12.1 Å². The van der Waals surface area contributed by atoms with Crippen molar-refractivity contribution in [2.24, 2.45) is 11.7 Å². The first kappa shape index (κ1) is 13.4. The summed E-state index contributed by atoms with van der Waals surface area (Å²) in [5.41, 5.74) is 8.61. The van der Waals surface area contributed by atoms with Crippen LogP contribution in [0.15, 0.2) is 18.2 Å². The van der Waals surface area contributed by atoms with Crippen LogP contribution in [-0.2, 0) is 11.2 Å². The minimum absolute atomic E-state index is 0.0427. The van der Waals surface area contributed by atoms with Crippen molar-refractivity contribution < 1.29 is 9.53 Å². The van der Waals surface area contributed by atoms with E-state index in [2.05, 4.69) is 11.4 Å². The summed E-state index contributed by atoms with van der Waals surface area (Å²) in [5.74, 6) is 1.39. The summed E-state index contributed by atoms with van der Waals surface area (Å²) >= 11 is 0. The van der Waals surface area contributed by atoms with E-state index in [0.717, 1.165) is 31.6 Å². The lowest BCUT2D eigenvalue weighted by Gasteiger charge is -2.22. The van der Waals surface area contributed by atoms with Crippen molar-refractivity contribution in [3.05, 3.63) is 29.3 Å². The van der Waals surface area contributed by atoms with Crippen molar-refractivity contribution in [3.8, 4) is 5.75 Å². The molecular formula is C16H22N2O2. The zero-order chi connectivity index (χ0) is 13.9. The summed E-state index contributed by atoms with van der Waals surface area (Å²) < 4.78 is 5.57. The first-order valence-corrected chi connectivity index (χ1v) is 7.50. The van der Waals surface area contributed by atoms with Gasteiger partial charge in [-0.25, -0.2) is 0 Å². The lowest BCUT2D eigenvalue weighted by atomic mass is 9.88. The summed E-state index contributed by atoms with van der Waals surface area (Å²) in [7, 11) is 0. The molecule has 3 N–H and O–H groups in total. The van der Waals surface area contributed by atoms with E-state index >= 15 is 0 Å². The maximum absolute atomic E-state index is 11.6. The molecule has 0 spiro atoms. The Labute approximate surface area is 119 Å². The number of amides is 1. The van der Waals surface area contributed by atoms with E-state index in [-0.39, 0.29) is 18.6 Å². The maximum atomic E-state index is 11.6. The molecule has 2 aliphatic carbocycles. The number of ether oxygens (including phenoxy) is 1. The number of carbonyl (C=O) groups is 1. The van der Waals surface area contributed by atoms with Crippen LogP contribution in [0.3, 0.4) is 0 Å². The molecule has 1 aromatic rings. The molecule has 0 aliphatic heterocycles. The van der Waals surface area contributed by atoms with Crippen molar-refractivity contribution in [1.29, 1.82) is 0 Å². The molecule has 1 amide bonds. The van der Waals surface area contributed by atoms with E-state index in [0.29, 0.717) is 5.92 Å². The lowest BCUT2D eigenvalue weighted by Crippen LogP contribution is -2.30. The molecule has 20 heavy (non-hydrogen) atoms. The van der Waals surface area contributed by atoms with Gasteiger partial charge in [-0.15, -0.1) is 0 Å². The molecule has 1 atom stereocenters.